The van der Waals surface area contributed by atoms with Crippen molar-refractivity contribution in [3.8, 4) is 0 Å². The zero-order chi connectivity index (χ0) is 15.0. The van der Waals surface area contributed by atoms with Gasteiger partial charge in [0.05, 0.1) is 0 Å². The zero-order valence-corrected chi connectivity index (χ0v) is 11.7. The van der Waals surface area contributed by atoms with Gasteiger partial charge in [-0.15, -0.1) is 0 Å². The number of hydrogen-bond acceptors (Lipinski definition) is 2. The van der Waals surface area contributed by atoms with Crippen LogP contribution in [-0.2, 0) is 0 Å². The Balaban J connectivity index is 2.20. The van der Waals surface area contributed by atoms with E-state index in [1.165, 1.54) is 18.2 Å². The Bertz CT molecular complexity index is 840. The molecule has 2 nitrogen and oxygen atoms in total. The summed E-state index contributed by atoms with van der Waals surface area (Å²) in [5.74, 6) is -0.814. The standard InChI is InChI=1S/C17H11ClFNO/c18-16-6-5-15(13-3-1-2-4-14(13)16)17(21)10-7-11(19)9-12(20)8-10/h1-9H,20H2. The van der Waals surface area contributed by atoms with Crippen molar-refractivity contribution in [1.29, 1.82) is 0 Å². The van der Waals surface area contributed by atoms with E-state index in [0.717, 1.165) is 10.8 Å². The molecule has 21 heavy (non-hydrogen) atoms. The minimum atomic E-state index is -0.531. The van der Waals surface area contributed by atoms with Gasteiger partial charge < -0.3 is 5.73 Å². The fourth-order valence-electron chi connectivity index (χ4n) is 2.36. The van der Waals surface area contributed by atoms with Crippen LogP contribution in [0.2, 0.25) is 5.02 Å². The first kappa shape index (κ1) is 13.6. The van der Waals surface area contributed by atoms with E-state index in [9.17, 15) is 9.18 Å². The van der Waals surface area contributed by atoms with Crippen LogP contribution < -0.4 is 5.73 Å². The molecule has 0 aliphatic heterocycles. The molecule has 3 aromatic carbocycles. The van der Waals surface area contributed by atoms with Gasteiger partial charge in [0, 0.05) is 27.2 Å². The molecule has 104 valence electrons. The summed E-state index contributed by atoms with van der Waals surface area (Å²) in [6.45, 7) is 0. The van der Waals surface area contributed by atoms with E-state index < -0.39 is 5.82 Å². The van der Waals surface area contributed by atoms with E-state index in [4.69, 9.17) is 17.3 Å². The molecular weight excluding hydrogens is 289 g/mol. The fourth-order valence-corrected chi connectivity index (χ4v) is 2.59. The Morgan fingerprint density at radius 1 is 1.00 bits per heavy atom. The lowest BCUT2D eigenvalue weighted by molar-refractivity contribution is 0.104. The molecule has 0 aromatic heterocycles. The normalized spacial score (nSPS) is 10.8. The second-order valence-corrected chi connectivity index (χ2v) is 5.15. The van der Waals surface area contributed by atoms with E-state index in [2.05, 4.69) is 0 Å². The van der Waals surface area contributed by atoms with E-state index >= 15 is 0 Å². The first-order valence-corrected chi connectivity index (χ1v) is 6.72. The van der Waals surface area contributed by atoms with Crippen LogP contribution in [0.1, 0.15) is 15.9 Å². The van der Waals surface area contributed by atoms with Gasteiger partial charge in [-0.1, -0.05) is 35.9 Å². The Hall–Kier alpha value is -2.39. The van der Waals surface area contributed by atoms with E-state index in [1.54, 1.807) is 12.1 Å². The van der Waals surface area contributed by atoms with E-state index in [0.29, 0.717) is 10.6 Å². The van der Waals surface area contributed by atoms with Crippen molar-refractivity contribution in [2.45, 2.75) is 0 Å². The van der Waals surface area contributed by atoms with Crippen LogP contribution in [0.25, 0.3) is 10.8 Å². The summed E-state index contributed by atoms with van der Waals surface area (Å²) in [6, 6.07) is 14.5. The first-order chi connectivity index (χ1) is 10.1. The molecular formula is C17H11ClFNO. The molecule has 0 atom stereocenters. The van der Waals surface area contributed by atoms with Crippen LogP contribution in [0.4, 0.5) is 10.1 Å². The van der Waals surface area contributed by atoms with Gasteiger partial charge in [-0.3, -0.25) is 4.79 Å². The number of benzene rings is 3. The van der Waals surface area contributed by atoms with Gasteiger partial charge in [0.25, 0.3) is 0 Å². The Morgan fingerprint density at radius 3 is 2.43 bits per heavy atom. The number of fused-ring (bicyclic) bond motifs is 1. The predicted molar refractivity (Wildman–Crippen MR) is 83.2 cm³/mol. The van der Waals surface area contributed by atoms with Crippen LogP contribution in [0, 0.1) is 5.82 Å². The smallest absolute Gasteiger partial charge is 0.193 e. The molecule has 0 aliphatic carbocycles. The van der Waals surface area contributed by atoms with Crippen molar-refractivity contribution >= 4 is 33.8 Å². The van der Waals surface area contributed by atoms with Crippen LogP contribution in [0.3, 0.4) is 0 Å². The summed E-state index contributed by atoms with van der Waals surface area (Å²) in [7, 11) is 0. The van der Waals surface area contributed by atoms with Crippen LogP contribution in [-0.4, -0.2) is 5.78 Å². The van der Waals surface area contributed by atoms with Gasteiger partial charge in [-0.05, 0) is 35.7 Å². The number of ketones is 1. The third-order valence-electron chi connectivity index (χ3n) is 3.30. The minimum Gasteiger partial charge on any atom is -0.399 e. The Labute approximate surface area is 126 Å². The second kappa shape index (κ2) is 5.19. The third-order valence-corrected chi connectivity index (χ3v) is 3.63. The lowest BCUT2D eigenvalue weighted by Gasteiger charge is -2.08. The monoisotopic (exact) mass is 299 g/mol. The molecule has 3 rings (SSSR count). The SMILES string of the molecule is Nc1cc(F)cc(C(=O)c2ccc(Cl)c3ccccc23)c1. The Morgan fingerprint density at radius 2 is 1.71 bits per heavy atom. The van der Waals surface area contributed by atoms with Crippen molar-refractivity contribution in [2.75, 3.05) is 5.73 Å². The molecule has 0 unspecified atom stereocenters. The largest absolute Gasteiger partial charge is 0.399 e. The molecule has 0 fully saturated rings. The molecule has 0 saturated carbocycles. The highest BCUT2D eigenvalue weighted by Crippen LogP contribution is 2.28. The highest BCUT2D eigenvalue weighted by atomic mass is 35.5. The highest BCUT2D eigenvalue weighted by Gasteiger charge is 2.15. The zero-order valence-electron chi connectivity index (χ0n) is 10.9. The number of halogens is 2. The van der Waals surface area contributed by atoms with Crippen molar-refractivity contribution in [3.05, 3.63) is 76.6 Å². The fraction of sp³-hybridized carbons (Fsp3) is 0. The number of rotatable bonds is 2. The van der Waals surface area contributed by atoms with Crippen LogP contribution in [0.5, 0.6) is 0 Å². The van der Waals surface area contributed by atoms with Crippen molar-refractivity contribution in [3.63, 3.8) is 0 Å². The van der Waals surface area contributed by atoms with Crippen LogP contribution >= 0.6 is 11.6 Å². The lowest BCUT2D eigenvalue weighted by Crippen LogP contribution is -2.04. The maximum atomic E-state index is 13.4. The van der Waals surface area contributed by atoms with Crippen LogP contribution in [0.15, 0.2) is 54.6 Å². The average molecular weight is 300 g/mol. The molecule has 0 spiro atoms. The molecule has 2 N–H and O–H groups in total. The minimum absolute atomic E-state index is 0.219. The highest BCUT2D eigenvalue weighted by molar-refractivity contribution is 6.36. The summed E-state index contributed by atoms with van der Waals surface area (Å²) in [5.41, 5.74) is 6.51. The molecule has 0 radical (unpaired) electrons. The first-order valence-electron chi connectivity index (χ1n) is 6.34. The van der Waals surface area contributed by atoms with Gasteiger partial charge in [-0.2, -0.15) is 0 Å². The maximum Gasteiger partial charge on any atom is 0.193 e. The summed E-state index contributed by atoms with van der Waals surface area (Å²) < 4.78 is 13.4. The molecule has 0 amide bonds. The summed E-state index contributed by atoms with van der Waals surface area (Å²) in [5, 5.41) is 2.09. The number of hydrogen-bond donors (Lipinski definition) is 1. The molecule has 0 bridgehead atoms. The van der Waals surface area contributed by atoms with Crippen molar-refractivity contribution in [2.24, 2.45) is 0 Å². The molecule has 4 heteroatoms. The van der Waals surface area contributed by atoms with Crippen molar-refractivity contribution < 1.29 is 9.18 Å². The van der Waals surface area contributed by atoms with Gasteiger partial charge in [0.15, 0.2) is 5.78 Å². The lowest BCUT2D eigenvalue weighted by atomic mass is 9.97. The van der Waals surface area contributed by atoms with Crippen molar-refractivity contribution in [1.82, 2.24) is 0 Å². The quantitative estimate of drug-likeness (QED) is 0.561. The summed E-state index contributed by atoms with van der Waals surface area (Å²) in [6.07, 6.45) is 0. The topological polar surface area (TPSA) is 43.1 Å². The average Bonchev–Trinajstić information content (AvgIpc) is 2.46. The maximum absolute atomic E-state index is 13.4. The van der Waals surface area contributed by atoms with Gasteiger partial charge in [0.2, 0.25) is 0 Å². The number of carbonyl (C=O) groups is 1. The van der Waals surface area contributed by atoms with Gasteiger partial charge in [0.1, 0.15) is 5.82 Å². The third kappa shape index (κ3) is 2.48. The number of nitrogen functional groups attached to an aromatic ring is 1. The molecule has 0 saturated heterocycles. The van der Waals surface area contributed by atoms with Gasteiger partial charge >= 0.3 is 0 Å². The number of anilines is 1. The summed E-state index contributed by atoms with van der Waals surface area (Å²) >= 11 is 6.14. The molecule has 0 heterocycles. The van der Waals surface area contributed by atoms with Gasteiger partial charge in [-0.25, -0.2) is 4.39 Å². The second-order valence-electron chi connectivity index (χ2n) is 4.74. The van der Waals surface area contributed by atoms with E-state index in [1.807, 2.05) is 24.3 Å². The predicted octanol–water partition coefficient (Wildman–Crippen LogP) is 4.45. The molecule has 3 aromatic rings. The Kier molecular flexibility index (Phi) is 3.35. The summed E-state index contributed by atoms with van der Waals surface area (Å²) in [4.78, 5) is 12.6. The number of carbonyl (C=O) groups excluding carboxylic acids is 1. The van der Waals surface area contributed by atoms with E-state index in [-0.39, 0.29) is 17.0 Å². The molecule has 0 aliphatic rings. The number of nitrogens with two attached hydrogens (primary N) is 1.